The molecule has 3 rings (SSSR count). The number of rotatable bonds is 2. The SMILES string of the molecule is CCOC(=O)N1CCCN(C2CCOc3ccccc32)CC1. The van der Waals surface area contributed by atoms with Gasteiger partial charge in [-0.1, -0.05) is 18.2 Å². The average Bonchev–Trinajstić information content (AvgIpc) is 2.80. The summed E-state index contributed by atoms with van der Waals surface area (Å²) in [6.07, 6.45) is 1.81. The van der Waals surface area contributed by atoms with Gasteiger partial charge in [0.1, 0.15) is 5.75 Å². The molecule has 0 aromatic heterocycles. The van der Waals surface area contributed by atoms with Gasteiger partial charge in [-0.15, -0.1) is 0 Å². The van der Waals surface area contributed by atoms with Crippen molar-refractivity contribution in [2.75, 3.05) is 39.4 Å². The van der Waals surface area contributed by atoms with E-state index in [1.54, 1.807) is 0 Å². The molecule has 120 valence electrons. The molecule has 1 fully saturated rings. The highest BCUT2D eigenvalue weighted by Crippen LogP contribution is 2.36. The van der Waals surface area contributed by atoms with Crippen molar-refractivity contribution in [3.63, 3.8) is 0 Å². The third kappa shape index (κ3) is 3.19. The molecule has 5 nitrogen and oxygen atoms in total. The van der Waals surface area contributed by atoms with Gasteiger partial charge in [0.2, 0.25) is 0 Å². The van der Waals surface area contributed by atoms with E-state index >= 15 is 0 Å². The van der Waals surface area contributed by atoms with Crippen LogP contribution in [0.25, 0.3) is 0 Å². The van der Waals surface area contributed by atoms with Crippen molar-refractivity contribution in [2.45, 2.75) is 25.8 Å². The first-order chi connectivity index (χ1) is 10.8. The molecule has 0 N–H and O–H groups in total. The van der Waals surface area contributed by atoms with Crippen LogP contribution in [0.15, 0.2) is 24.3 Å². The van der Waals surface area contributed by atoms with Gasteiger partial charge in [-0.25, -0.2) is 4.79 Å². The summed E-state index contributed by atoms with van der Waals surface area (Å²) >= 11 is 0. The first-order valence-corrected chi connectivity index (χ1v) is 8.17. The van der Waals surface area contributed by atoms with Crippen LogP contribution in [-0.4, -0.2) is 55.3 Å². The number of nitrogens with zero attached hydrogens (tertiary/aromatic N) is 2. The zero-order valence-electron chi connectivity index (χ0n) is 13.2. The summed E-state index contributed by atoms with van der Waals surface area (Å²) < 4.78 is 10.9. The van der Waals surface area contributed by atoms with E-state index in [0.29, 0.717) is 12.6 Å². The molecular formula is C17H24N2O3. The van der Waals surface area contributed by atoms with Gasteiger partial charge < -0.3 is 14.4 Å². The summed E-state index contributed by atoms with van der Waals surface area (Å²) in [6.45, 7) is 6.46. The Bertz CT molecular complexity index is 520. The molecule has 22 heavy (non-hydrogen) atoms. The predicted molar refractivity (Wildman–Crippen MR) is 84.1 cm³/mol. The Hall–Kier alpha value is -1.75. The number of carbonyl (C=O) groups excluding carboxylic acids is 1. The molecule has 1 atom stereocenters. The topological polar surface area (TPSA) is 42.0 Å². The van der Waals surface area contributed by atoms with Crippen LogP contribution in [0.4, 0.5) is 4.79 Å². The van der Waals surface area contributed by atoms with Crippen molar-refractivity contribution in [2.24, 2.45) is 0 Å². The Morgan fingerprint density at radius 1 is 1.27 bits per heavy atom. The fourth-order valence-corrected chi connectivity index (χ4v) is 3.35. The number of hydrogen-bond acceptors (Lipinski definition) is 4. The van der Waals surface area contributed by atoms with E-state index in [1.807, 2.05) is 24.0 Å². The van der Waals surface area contributed by atoms with Crippen molar-refractivity contribution in [1.82, 2.24) is 9.80 Å². The molecular weight excluding hydrogens is 280 g/mol. The van der Waals surface area contributed by atoms with E-state index in [2.05, 4.69) is 17.0 Å². The lowest BCUT2D eigenvalue weighted by Crippen LogP contribution is -2.37. The molecule has 0 bridgehead atoms. The maximum atomic E-state index is 11.9. The highest BCUT2D eigenvalue weighted by molar-refractivity contribution is 5.67. The monoisotopic (exact) mass is 304 g/mol. The van der Waals surface area contributed by atoms with Crippen molar-refractivity contribution < 1.29 is 14.3 Å². The minimum atomic E-state index is -0.184. The molecule has 1 unspecified atom stereocenters. The van der Waals surface area contributed by atoms with Gasteiger partial charge >= 0.3 is 6.09 Å². The van der Waals surface area contributed by atoms with Gasteiger partial charge in [0, 0.05) is 44.2 Å². The first kappa shape index (κ1) is 15.2. The van der Waals surface area contributed by atoms with Gasteiger partial charge in [-0.3, -0.25) is 4.90 Å². The molecule has 1 saturated heterocycles. The number of amides is 1. The second-order valence-electron chi connectivity index (χ2n) is 5.77. The van der Waals surface area contributed by atoms with Gasteiger partial charge in [-0.05, 0) is 19.4 Å². The second-order valence-corrected chi connectivity index (χ2v) is 5.77. The van der Waals surface area contributed by atoms with Crippen molar-refractivity contribution in [1.29, 1.82) is 0 Å². The fraction of sp³-hybridized carbons (Fsp3) is 0.588. The highest BCUT2D eigenvalue weighted by Gasteiger charge is 2.29. The van der Waals surface area contributed by atoms with E-state index in [0.717, 1.165) is 51.4 Å². The number of ether oxygens (including phenoxy) is 2. The third-order valence-electron chi connectivity index (χ3n) is 4.42. The maximum absolute atomic E-state index is 11.9. The molecule has 1 aromatic carbocycles. The lowest BCUT2D eigenvalue weighted by atomic mass is 9.99. The summed E-state index contributed by atoms with van der Waals surface area (Å²) in [5.41, 5.74) is 1.28. The van der Waals surface area contributed by atoms with Gasteiger partial charge in [0.05, 0.1) is 13.2 Å². The second kappa shape index (κ2) is 7.01. The molecule has 1 amide bonds. The summed E-state index contributed by atoms with van der Waals surface area (Å²) in [6, 6.07) is 8.69. The summed E-state index contributed by atoms with van der Waals surface area (Å²) in [5, 5.41) is 0. The Morgan fingerprint density at radius 3 is 3.00 bits per heavy atom. The quantitative estimate of drug-likeness (QED) is 0.842. The molecule has 1 aromatic rings. The summed E-state index contributed by atoms with van der Waals surface area (Å²) in [5.74, 6) is 1.00. The maximum Gasteiger partial charge on any atom is 0.409 e. The molecule has 0 aliphatic carbocycles. The van der Waals surface area contributed by atoms with E-state index < -0.39 is 0 Å². The van der Waals surface area contributed by atoms with Crippen LogP contribution in [0, 0.1) is 0 Å². The predicted octanol–water partition coefficient (Wildman–Crippen LogP) is 2.67. The largest absolute Gasteiger partial charge is 0.493 e. The highest BCUT2D eigenvalue weighted by atomic mass is 16.6. The van der Waals surface area contributed by atoms with Crippen LogP contribution >= 0.6 is 0 Å². The summed E-state index contributed by atoms with van der Waals surface area (Å²) in [4.78, 5) is 16.2. The van der Waals surface area contributed by atoms with Crippen molar-refractivity contribution in [3.05, 3.63) is 29.8 Å². The molecule has 2 aliphatic rings. The zero-order valence-corrected chi connectivity index (χ0v) is 13.2. The fourth-order valence-electron chi connectivity index (χ4n) is 3.35. The van der Waals surface area contributed by atoms with Gasteiger partial charge in [0.25, 0.3) is 0 Å². The number of carbonyl (C=O) groups is 1. The smallest absolute Gasteiger partial charge is 0.409 e. The zero-order chi connectivity index (χ0) is 15.4. The standard InChI is InChI=1S/C17H24N2O3/c1-2-21-17(20)19-10-5-9-18(11-12-19)15-8-13-22-16-7-4-3-6-14(15)16/h3-4,6-7,15H,2,5,8-13H2,1H3. The molecule has 2 heterocycles. The van der Waals surface area contributed by atoms with E-state index in [4.69, 9.17) is 9.47 Å². The van der Waals surface area contributed by atoms with Gasteiger partial charge in [-0.2, -0.15) is 0 Å². The molecule has 0 radical (unpaired) electrons. The Balaban J connectivity index is 1.68. The van der Waals surface area contributed by atoms with Crippen molar-refractivity contribution in [3.8, 4) is 5.75 Å². The number of benzene rings is 1. The molecule has 5 heteroatoms. The van der Waals surface area contributed by atoms with Crippen molar-refractivity contribution >= 4 is 6.09 Å². The molecule has 0 saturated carbocycles. The molecule has 2 aliphatic heterocycles. The average molecular weight is 304 g/mol. The van der Waals surface area contributed by atoms with E-state index in [9.17, 15) is 4.79 Å². The van der Waals surface area contributed by atoms with Crippen LogP contribution in [0.3, 0.4) is 0 Å². The lowest BCUT2D eigenvalue weighted by molar-refractivity contribution is 0.105. The van der Waals surface area contributed by atoms with Crippen LogP contribution < -0.4 is 4.74 Å². The number of fused-ring (bicyclic) bond motifs is 1. The minimum Gasteiger partial charge on any atom is -0.493 e. The molecule has 0 spiro atoms. The van der Waals surface area contributed by atoms with E-state index in [1.165, 1.54) is 5.56 Å². The minimum absolute atomic E-state index is 0.184. The van der Waals surface area contributed by atoms with E-state index in [-0.39, 0.29) is 6.09 Å². The lowest BCUT2D eigenvalue weighted by Gasteiger charge is -2.35. The number of para-hydroxylation sites is 1. The van der Waals surface area contributed by atoms with Crippen LogP contribution in [0.1, 0.15) is 31.4 Å². The third-order valence-corrected chi connectivity index (χ3v) is 4.42. The van der Waals surface area contributed by atoms with Gasteiger partial charge in [0.15, 0.2) is 0 Å². The Labute approximate surface area is 131 Å². The normalized spacial score (nSPS) is 22.4. The Kier molecular flexibility index (Phi) is 4.83. The summed E-state index contributed by atoms with van der Waals surface area (Å²) in [7, 11) is 0. The number of hydrogen-bond donors (Lipinski definition) is 0. The van der Waals surface area contributed by atoms with Crippen LogP contribution in [-0.2, 0) is 4.74 Å². The van der Waals surface area contributed by atoms with Crippen LogP contribution in [0.5, 0.6) is 5.75 Å². The first-order valence-electron chi connectivity index (χ1n) is 8.17. The Morgan fingerprint density at radius 2 is 2.14 bits per heavy atom. The van der Waals surface area contributed by atoms with Crippen LogP contribution in [0.2, 0.25) is 0 Å².